The Hall–Kier alpha value is -2.37. The molecule has 0 aliphatic heterocycles. The van der Waals surface area contributed by atoms with Crippen LogP contribution in [0.3, 0.4) is 0 Å². The van der Waals surface area contributed by atoms with Crippen LogP contribution in [0.15, 0.2) is 41.0 Å². The Labute approximate surface area is 120 Å². The quantitative estimate of drug-likeness (QED) is 0.892. The van der Waals surface area contributed by atoms with E-state index in [1.807, 2.05) is 0 Å². The Morgan fingerprint density at radius 2 is 2.19 bits per heavy atom. The number of aromatic carboxylic acids is 1. The van der Waals surface area contributed by atoms with E-state index in [0.717, 1.165) is 5.57 Å². The van der Waals surface area contributed by atoms with E-state index in [0.29, 0.717) is 19.4 Å². The maximum absolute atomic E-state index is 13.6. The molecule has 1 atom stereocenters. The van der Waals surface area contributed by atoms with Crippen molar-refractivity contribution in [3.8, 4) is 5.75 Å². The Bertz CT molecular complexity index is 685. The number of aromatic hydroxyl groups is 1. The molecule has 112 valence electrons. The largest absolute Gasteiger partial charge is 0.503 e. The highest BCUT2D eigenvalue weighted by Gasteiger charge is 2.20. The lowest BCUT2D eigenvalue weighted by Gasteiger charge is -2.19. The van der Waals surface area contributed by atoms with Gasteiger partial charge in [-0.15, -0.1) is 0 Å². The zero-order valence-corrected chi connectivity index (χ0v) is 11.5. The second-order valence-electron chi connectivity index (χ2n) is 5.27. The molecule has 0 saturated carbocycles. The van der Waals surface area contributed by atoms with Crippen molar-refractivity contribution in [1.82, 2.24) is 4.57 Å². The number of aryl methyl sites for hydroxylation is 1. The van der Waals surface area contributed by atoms with E-state index in [9.17, 15) is 19.1 Å². The fourth-order valence-electron chi connectivity index (χ4n) is 2.09. The molecule has 0 radical (unpaired) electrons. The van der Waals surface area contributed by atoms with Crippen LogP contribution in [-0.2, 0) is 6.54 Å². The average Bonchev–Trinajstić information content (AvgIpc) is 2.40. The molecule has 1 aromatic heterocycles. The number of pyridine rings is 1. The van der Waals surface area contributed by atoms with Gasteiger partial charge in [-0.1, -0.05) is 17.7 Å². The minimum Gasteiger partial charge on any atom is -0.503 e. The molecule has 2 rings (SSSR count). The molecule has 21 heavy (non-hydrogen) atoms. The van der Waals surface area contributed by atoms with Gasteiger partial charge in [0.05, 0.1) is 0 Å². The molecular formula is C15H16FNO4. The van der Waals surface area contributed by atoms with E-state index < -0.39 is 28.4 Å². The Kier molecular flexibility index (Phi) is 3.97. The van der Waals surface area contributed by atoms with E-state index in [4.69, 9.17) is 5.11 Å². The van der Waals surface area contributed by atoms with Crippen molar-refractivity contribution in [2.75, 3.05) is 0 Å². The lowest BCUT2D eigenvalue weighted by molar-refractivity contribution is 0.0693. The van der Waals surface area contributed by atoms with Gasteiger partial charge >= 0.3 is 5.97 Å². The number of allylic oxidation sites excluding steroid dienone is 4. The van der Waals surface area contributed by atoms with Crippen molar-refractivity contribution >= 4 is 5.97 Å². The van der Waals surface area contributed by atoms with Crippen LogP contribution in [-0.4, -0.2) is 26.4 Å². The number of hydrogen-bond donors (Lipinski definition) is 2. The number of aromatic nitrogens is 1. The van der Waals surface area contributed by atoms with Gasteiger partial charge in [-0.3, -0.25) is 4.79 Å². The Morgan fingerprint density at radius 3 is 2.76 bits per heavy atom. The van der Waals surface area contributed by atoms with Gasteiger partial charge in [0.1, 0.15) is 11.2 Å². The molecule has 1 aromatic rings. The molecule has 6 heteroatoms. The maximum Gasteiger partial charge on any atom is 0.341 e. The molecule has 0 aromatic carbocycles. The van der Waals surface area contributed by atoms with E-state index in [1.165, 1.54) is 30.0 Å². The van der Waals surface area contributed by atoms with Crippen LogP contribution < -0.4 is 5.43 Å². The highest BCUT2D eigenvalue weighted by atomic mass is 19.1. The molecule has 0 unspecified atom stereocenters. The van der Waals surface area contributed by atoms with E-state index in [1.54, 1.807) is 12.2 Å². The van der Waals surface area contributed by atoms with Crippen LogP contribution >= 0.6 is 0 Å². The number of carboxylic acids is 1. The third-order valence-electron chi connectivity index (χ3n) is 3.36. The van der Waals surface area contributed by atoms with Crippen molar-refractivity contribution in [2.24, 2.45) is 0 Å². The summed E-state index contributed by atoms with van der Waals surface area (Å²) in [6.45, 7) is 1.88. The molecule has 1 heterocycles. The zero-order chi connectivity index (χ0) is 15.6. The highest BCUT2D eigenvalue weighted by molar-refractivity contribution is 5.87. The van der Waals surface area contributed by atoms with Gasteiger partial charge in [0.15, 0.2) is 5.75 Å². The predicted octanol–water partition coefficient (Wildman–Crippen LogP) is 2.26. The molecule has 2 N–H and O–H groups in total. The van der Waals surface area contributed by atoms with Gasteiger partial charge in [-0.2, -0.15) is 0 Å². The third-order valence-corrected chi connectivity index (χ3v) is 3.36. The van der Waals surface area contributed by atoms with Crippen LogP contribution in [0.1, 0.15) is 30.1 Å². The van der Waals surface area contributed by atoms with E-state index >= 15 is 0 Å². The number of carbonyl (C=O) groups is 1. The first kappa shape index (κ1) is 15.0. The molecular weight excluding hydrogens is 277 g/mol. The molecule has 5 nitrogen and oxygen atoms in total. The van der Waals surface area contributed by atoms with Gasteiger partial charge in [-0.05, 0) is 19.4 Å². The fourth-order valence-corrected chi connectivity index (χ4v) is 2.09. The van der Waals surface area contributed by atoms with E-state index in [-0.39, 0.29) is 0 Å². The summed E-state index contributed by atoms with van der Waals surface area (Å²) in [5.74, 6) is -1.98. The van der Waals surface area contributed by atoms with Gasteiger partial charge in [0, 0.05) is 25.4 Å². The van der Waals surface area contributed by atoms with Crippen LogP contribution in [0.4, 0.5) is 4.39 Å². The Balaban J connectivity index is 2.12. The number of rotatable bonds is 4. The fraction of sp³-hybridized carbons (Fsp3) is 0.333. The summed E-state index contributed by atoms with van der Waals surface area (Å²) < 4.78 is 15.0. The third kappa shape index (κ3) is 3.59. The summed E-state index contributed by atoms with van der Waals surface area (Å²) in [6, 6.07) is 0. The van der Waals surface area contributed by atoms with Gasteiger partial charge in [-0.25, -0.2) is 9.18 Å². The van der Waals surface area contributed by atoms with Gasteiger partial charge in [0.25, 0.3) is 0 Å². The average molecular weight is 293 g/mol. The summed E-state index contributed by atoms with van der Waals surface area (Å²) in [5.41, 5.74) is -1.77. The number of carboxylic acid groups (broad SMARTS) is 1. The van der Waals surface area contributed by atoms with Crippen LogP contribution in [0.2, 0.25) is 0 Å². The summed E-state index contributed by atoms with van der Waals surface area (Å²) in [6.07, 6.45) is 8.22. The van der Waals surface area contributed by atoms with Crippen molar-refractivity contribution in [3.05, 3.63) is 52.0 Å². The monoisotopic (exact) mass is 293 g/mol. The Morgan fingerprint density at radius 1 is 1.48 bits per heavy atom. The second kappa shape index (κ2) is 5.55. The minimum absolute atomic E-state index is 0.300. The van der Waals surface area contributed by atoms with E-state index in [2.05, 4.69) is 0 Å². The van der Waals surface area contributed by atoms with Crippen molar-refractivity contribution in [3.63, 3.8) is 0 Å². The highest BCUT2D eigenvalue weighted by Crippen LogP contribution is 2.25. The number of hydrogen-bond acceptors (Lipinski definition) is 3. The maximum atomic E-state index is 13.6. The molecule has 0 fully saturated rings. The van der Waals surface area contributed by atoms with Crippen LogP contribution in [0.5, 0.6) is 5.75 Å². The summed E-state index contributed by atoms with van der Waals surface area (Å²) in [4.78, 5) is 22.3. The van der Waals surface area contributed by atoms with Crippen LogP contribution in [0, 0.1) is 0 Å². The minimum atomic E-state index is -1.38. The predicted molar refractivity (Wildman–Crippen MR) is 75.3 cm³/mol. The SMILES string of the molecule is C[C@@]1(F)C=CC(CCn2cc(O)c(=O)c(C(=O)O)c2)=CC1. The normalized spacial score (nSPS) is 21.1. The number of nitrogens with zero attached hydrogens (tertiary/aromatic N) is 1. The number of halogens is 1. The van der Waals surface area contributed by atoms with Crippen molar-refractivity contribution in [2.45, 2.75) is 32.0 Å². The lowest BCUT2D eigenvalue weighted by atomic mass is 9.94. The van der Waals surface area contributed by atoms with Crippen molar-refractivity contribution in [1.29, 1.82) is 0 Å². The van der Waals surface area contributed by atoms with Crippen molar-refractivity contribution < 1.29 is 19.4 Å². The van der Waals surface area contributed by atoms with Gasteiger partial charge in [0.2, 0.25) is 5.43 Å². The zero-order valence-electron chi connectivity index (χ0n) is 11.5. The first-order valence-electron chi connectivity index (χ1n) is 6.52. The topological polar surface area (TPSA) is 79.5 Å². The standard InChI is InChI=1S/C15H16FNO4/c1-15(16)5-2-10(3-6-15)4-7-17-8-11(14(20)21)13(19)12(18)9-17/h2-3,5,8-9,18H,4,6-7H2,1H3,(H,20,21)/t15-/m1/s1. The molecule has 0 bridgehead atoms. The second-order valence-corrected chi connectivity index (χ2v) is 5.27. The molecule has 0 spiro atoms. The number of alkyl halides is 1. The molecule has 1 aliphatic rings. The lowest BCUT2D eigenvalue weighted by Crippen LogP contribution is -2.18. The summed E-state index contributed by atoms with van der Waals surface area (Å²) in [7, 11) is 0. The molecule has 0 saturated heterocycles. The van der Waals surface area contributed by atoms with Gasteiger partial charge < -0.3 is 14.8 Å². The first-order valence-corrected chi connectivity index (χ1v) is 6.52. The summed E-state index contributed by atoms with van der Waals surface area (Å²) >= 11 is 0. The molecule has 0 amide bonds. The summed E-state index contributed by atoms with van der Waals surface area (Å²) in [5, 5.41) is 18.4. The smallest absolute Gasteiger partial charge is 0.341 e. The molecule has 1 aliphatic carbocycles. The van der Waals surface area contributed by atoms with Crippen LogP contribution in [0.25, 0.3) is 0 Å². The first-order chi connectivity index (χ1) is 9.78.